The lowest BCUT2D eigenvalue weighted by Crippen LogP contribution is -1.94. The molecule has 0 saturated heterocycles. The Balaban J connectivity index is 2.90. The van der Waals surface area contributed by atoms with E-state index in [0.717, 1.165) is 0 Å². The van der Waals surface area contributed by atoms with Crippen LogP contribution in [0.25, 0.3) is 0 Å². The maximum atomic E-state index is 8.51. The average molecular weight is 177 g/mol. The Morgan fingerprint density at radius 3 is 3.15 bits per heavy atom. The fraction of sp³-hybridized carbons (Fsp3) is 0.300. The molecule has 0 atom stereocenters. The molecule has 68 valence electrons. The van der Waals surface area contributed by atoms with Crippen LogP contribution in [0.2, 0.25) is 0 Å². The Morgan fingerprint density at radius 2 is 2.46 bits per heavy atom. The molecule has 0 unspecified atom stereocenters. The van der Waals surface area contributed by atoms with Crippen molar-refractivity contribution in [2.45, 2.75) is 6.92 Å². The molecule has 13 heavy (non-hydrogen) atoms. The summed E-state index contributed by atoms with van der Waals surface area (Å²) in [6, 6.07) is 1.75. The maximum absolute atomic E-state index is 8.51. The summed E-state index contributed by atoms with van der Waals surface area (Å²) in [7, 11) is 0. The van der Waals surface area contributed by atoms with Gasteiger partial charge in [0, 0.05) is 12.4 Å². The third kappa shape index (κ3) is 2.77. The highest BCUT2D eigenvalue weighted by Gasteiger charge is 1.97. The number of rotatable bonds is 2. The molecule has 1 aromatic rings. The third-order valence-electron chi connectivity index (χ3n) is 1.38. The molecular weight excluding hydrogens is 166 g/mol. The van der Waals surface area contributed by atoms with Gasteiger partial charge in [-0.3, -0.25) is 4.98 Å². The SMILES string of the molecule is CCOc1ccncc1C#CCO. The van der Waals surface area contributed by atoms with Crippen molar-refractivity contribution in [3.63, 3.8) is 0 Å². The van der Waals surface area contributed by atoms with E-state index in [4.69, 9.17) is 9.84 Å². The molecule has 0 aliphatic heterocycles. The molecule has 0 fully saturated rings. The van der Waals surface area contributed by atoms with E-state index >= 15 is 0 Å². The van der Waals surface area contributed by atoms with E-state index in [0.29, 0.717) is 17.9 Å². The first-order valence-corrected chi connectivity index (χ1v) is 4.05. The van der Waals surface area contributed by atoms with E-state index < -0.39 is 0 Å². The van der Waals surface area contributed by atoms with Crippen molar-refractivity contribution in [1.29, 1.82) is 0 Å². The van der Waals surface area contributed by atoms with E-state index in [9.17, 15) is 0 Å². The zero-order valence-electron chi connectivity index (χ0n) is 7.45. The number of aromatic nitrogens is 1. The molecule has 1 heterocycles. The van der Waals surface area contributed by atoms with Crippen molar-refractivity contribution in [3.8, 4) is 17.6 Å². The van der Waals surface area contributed by atoms with E-state index in [1.165, 1.54) is 0 Å². The lowest BCUT2D eigenvalue weighted by molar-refractivity contribution is 0.338. The Kier molecular flexibility index (Phi) is 3.80. The van der Waals surface area contributed by atoms with Crippen molar-refractivity contribution in [1.82, 2.24) is 4.98 Å². The quantitative estimate of drug-likeness (QED) is 0.680. The molecular formula is C10H11NO2. The number of pyridine rings is 1. The first-order valence-electron chi connectivity index (χ1n) is 4.05. The summed E-state index contributed by atoms with van der Waals surface area (Å²) in [5, 5.41) is 8.51. The van der Waals surface area contributed by atoms with Crippen LogP contribution in [0, 0.1) is 11.8 Å². The minimum absolute atomic E-state index is 0.152. The van der Waals surface area contributed by atoms with E-state index in [1.54, 1.807) is 18.5 Å². The number of aliphatic hydroxyl groups is 1. The molecule has 0 aromatic carbocycles. The molecule has 1 rings (SSSR count). The molecule has 0 saturated carbocycles. The van der Waals surface area contributed by atoms with Crippen LogP contribution in [0.4, 0.5) is 0 Å². The standard InChI is InChI=1S/C10H11NO2/c1-2-13-10-5-6-11-8-9(10)4-3-7-12/h5-6,8,12H,2,7H2,1H3. The summed E-state index contributed by atoms with van der Waals surface area (Å²) in [5.41, 5.74) is 0.707. The first kappa shape index (κ1) is 9.56. The van der Waals surface area contributed by atoms with Gasteiger partial charge in [-0.25, -0.2) is 0 Å². The largest absolute Gasteiger partial charge is 0.492 e. The van der Waals surface area contributed by atoms with Gasteiger partial charge < -0.3 is 9.84 Å². The van der Waals surface area contributed by atoms with Gasteiger partial charge in [-0.05, 0) is 13.0 Å². The number of aliphatic hydroxyl groups excluding tert-OH is 1. The molecule has 3 nitrogen and oxygen atoms in total. The van der Waals surface area contributed by atoms with Gasteiger partial charge in [0.2, 0.25) is 0 Å². The molecule has 1 N–H and O–H groups in total. The molecule has 3 heteroatoms. The normalized spacial score (nSPS) is 8.77. The molecule has 0 radical (unpaired) electrons. The average Bonchev–Trinajstić information content (AvgIpc) is 2.17. The predicted molar refractivity (Wildman–Crippen MR) is 49.4 cm³/mol. The van der Waals surface area contributed by atoms with Crippen LogP contribution in [0.3, 0.4) is 0 Å². The number of hydrogen-bond donors (Lipinski definition) is 1. The molecule has 1 aromatic heterocycles. The number of hydrogen-bond acceptors (Lipinski definition) is 3. The van der Waals surface area contributed by atoms with Gasteiger partial charge in [-0.2, -0.15) is 0 Å². The van der Waals surface area contributed by atoms with Crippen molar-refractivity contribution >= 4 is 0 Å². The first-order chi connectivity index (χ1) is 6.38. The highest BCUT2D eigenvalue weighted by molar-refractivity contribution is 5.43. The summed E-state index contributed by atoms with van der Waals surface area (Å²) in [6.45, 7) is 2.35. The van der Waals surface area contributed by atoms with Gasteiger partial charge in [-0.15, -0.1) is 0 Å². The zero-order valence-corrected chi connectivity index (χ0v) is 7.45. The van der Waals surface area contributed by atoms with Gasteiger partial charge in [0.15, 0.2) is 0 Å². The summed E-state index contributed by atoms with van der Waals surface area (Å²) < 4.78 is 5.31. The molecule has 0 amide bonds. The molecule has 0 bridgehead atoms. The predicted octanol–water partition coefficient (Wildman–Crippen LogP) is 0.824. The van der Waals surface area contributed by atoms with Crippen LogP contribution < -0.4 is 4.74 Å². The van der Waals surface area contributed by atoms with Gasteiger partial charge in [0.05, 0.1) is 12.2 Å². The van der Waals surface area contributed by atoms with Crippen molar-refractivity contribution in [2.75, 3.05) is 13.2 Å². The molecule has 0 aliphatic carbocycles. The second kappa shape index (κ2) is 5.18. The Labute approximate surface area is 77.4 Å². The topological polar surface area (TPSA) is 42.4 Å². The minimum Gasteiger partial charge on any atom is -0.492 e. The lowest BCUT2D eigenvalue weighted by atomic mass is 10.2. The zero-order chi connectivity index (χ0) is 9.52. The second-order valence-corrected chi connectivity index (χ2v) is 2.26. The van der Waals surface area contributed by atoms with Crippen LogP contribution in [-0.4, -0.2) is 23.3 Å². The maximum Gasteiger partial charge on any atom is 0.137 e. The van der Waals surface area contributed by atoms with Crippen LogP contribution in [0.5, 0.6) is 5.75 Å². The third-order valence-corrected chi connectivity index (χ3v) is 1.38. The van der Waals surface area contributed by atoms with Crippen LogP contribution in [-0.2, 0) is 0 Å². The second-order valence-electron chi connectivity index (χ2n) is 2.26. The Hall–Kier alpha value is -1.53. The molecule has 0 aliphatic rings. The highest BCUT2D eigenvalue weighted by atomic mass is 16.5. The number of ether oxygens (including phenoxy) is 1. The fourth-order valence-corrected chi connectivity index (χ4v) is 0.892. The van der Waals surface area contributed by atoms with Crippen molar-refractivity contribution in [3.05, 3.63) is 24.0 Å². The van der Waals surface area contributed by atoms with Gasteiger partial charge in [0.25, 0.3) is 0 Å². The van der Waals surface area contributed by atoms with Crippen LogP contribution in [0.1, 0.15) is 12.5 Å². The van der Waals surface area contributed by atoms with E-state index in [2.05, 4.69) is 16.8 Å². The van der Waals surface area contributed by atoms with Crippen LogP contribution >= 0.6 is 0 Å². The van der Waals surface area contributed by atoms with Gasteiger partial charge in [-0.1, -0.05) is 11.8 Å². The summed E-state index contributed by atoms with van der Waals surface area (Å²) in [5.74, 6) is 6.02. The van der Waals surface area contributed by atoms with E-state index in [1.807, 2.05) is 6.92 Å². The fourth-order valence-electron chi connectivity index (χ4n) is 0.892. The monoisotopic (exact) mass is 177 g/mol. The molecule has 0 spiro atoms. The van der Waals surface area contributed by atoms with Gasteiger partial charge >= 0.3 is 0 Å². The number of nitrogens with zero attached hydrogens (tertiary/aromatic N) is 1. The van der Waals surface area contributed by atoms with Crippen molar-refractivity contribution in [2.24, 2.45) is 0 Å². The summed E-state index contributed by atoms with van der Waals surface area (Å²) in [6.07, 6.45) is 3.27. The van der Waals surface area contributed by atoms with Gasteiger partial charge in [0.1, 0.15) is 12.4 Å². The minimum atomic E-state index is -0.152. The smallest absolute Gasteiger partial charge is 0.137 e. The highest BCUT2D eigenvalue weighted by Crippen LogP contribution is 2.14. The van der Waals surface area contributed by atoms with E-state index in [-0.39, 0.29) is 6.61 Å². The van der Waals surface area contributed by atoms with Crippen molar-refractivity contribution < 1.29 is 9.84 Å². The van der Waals surface area contributed by atoms with Crippen LogP contribution in [0.15, 0.2) is 18.5 Å². The Bertz CT molecular complexity index is 325. The summed E-state index contributed by atoms with van der Waals surface area (Å²) in [4.78, 5) is 3.92. The Morgan fingerprint density at radius 1 is 1.62 bits per heavy atom. The lowest BCUT2D eigenvalue weighted by Gasteiger charge is -2.03. The summed E-state index contributed by atoms with van der Waals surface area (Å²) >= 11 is 0.